The smallest absolute Gasteiger partial charge is 0.315 e. The van der Waals surface area contributed by atoms with Crippen LogP contribution in [0, 0.1) is 10.1 Å². The second-order valence-corrected chi connectivity index (χ2v) is 9.03. The first-order chi connectivity index (χ1) is 15.0. The van der Waals surface area contributed by atoms with Gasteiger partial charge in [0.1, 0.15) is 0 Å². The lowest BCUT2D eigenvalue weighted by atomic mass is 9.95. The van der Waals surface area contributed by atoms with Crippen molar-refractivity contribution >= 4 is 23.3 Å². The molecule has 0 radical (unpaired) electrons. The van der Waals surface area contributed by atoms with Gasteiger partial charge in [0.2, 0.25) is 5.91 Å². The fourth-order valence-corrected chi connectivity index (χ4v) is 5.37. The van der Waals surface area contributed by atoms with Gasteiger partial charge in [-0.3, -0.25) is 19.8 Å². The van der Waals surface area contributed by atoms with E-state index >= 15 is 0 Å². The Hall–Kier alpha value is -2.68. The number of nitrogens with one attached hydrogen (secondary N) is 3. The van der Waals surface area contributed by atoms with Crippen LogP contribution in [0.5, 0.6) is 0 Å². The molecule has 1 saturated carbocycles. The number of nitrogens with zero attached hydrogens (tertiary/aromatic N) is 2. The van der Waals surface area contributed by atoms with Crippen LogP contribution in [-0.4, -0.2) is 52.5 Å². The van der Waals surface area contributed by atoms with E-state index in [1.165, 1.54) is 31.4 Å². The fraction of sp³-hybridized carbons (Fsp3) is 0.636. The predicted octanol–water partition coefficient (Wildman–Crippen LogP) is 3.16. The van der Waals surface area contributed by atoms with Crippen molar-refractivity contribution < 1.29 is 14.5 Å². The van der Waals surface area contributed by atoms with Gasteiger partial charge in [0.25, 0.3) is 5.69 Å². The first-order valence-electron chi connectivity index (χ1n) is 11.3. The molecular formula is C22H31N5O4. The summed E-state index contributed by atoms with van der Waals surface area (Å²) >= 11 is 0. The zero-order valence-corrected chi connectivity index (χ0v) is 17.7. The van der Waals surface area contributed by atoms with Crippen molar-refractivity contribution in [2.45, 2.75) is 82.0 Å². The number of hydrogen-bond acceptors (Lipinski definition) is 5. The van der Waals surface area contributed by atoms with Crippen molar-refractivity contribution in [1.82, 2.24) is 15.5 Å². The van der Waals surface area contributed by atoms with Gasteiger partial charge in [-0.25, -0.2) is 4.79 Å². The number of benzene rings is 1. The molecular weight excluding hydrogens is 398 g/mol. The molecule has 3 N–H and O–H groups in total. The van der Waals surface area contributed by atoms with Crippen LogP contribution in [-0.2, 0) is 4.79 Å². The van der Waals surface area contributed by atoms with Crippen LogP contribution in [0.1, 0.15) is 57.8 Å². The van der Waals surface area contributed by atoms with E-state index in [1.54, 1.807) is 12.1 Å². The number of nitro benzene ring substituents is 1. The summed E-state index contributed by atoms with van der Waals surface area (Å²) in [4.78, 5) is 37.6. The van der Waals surface area contributed by atoms with Crippen LogP contribution in [0.25, 0.3) is 0 Å². The molecule has 2 bridgehead atoms. The molecule has 3 amide bonds. The summed E-state index contributed by atoms with van der Waals surface area (Å²) in [5.74, 6) is -0.168. The highest BCUT2D eigenvalue weighted by Gasteiger charge is 2.41. The summed E-state index contributed by atoms with van der Waals surface area (Å²) < 4.78 is 0. The Kier molecular flexibility index (Phi) is 6.70. The Bertz CT molecular complexity index is 812. The van der Waals surface area contributed by atoms with E-state index < -0.39 is 4.92 Å². The molecule has 0 aromatic heterocycles. The minimum atomic E-state index is -0.474. The molecule has 4 rings (SSSR count). The number of nitro groups is 1. The molecule has 1 unspecified atom stereocenters. The third-order valence-electron chi connectivity index (χ3n) is 6.83. The average molecular weight is 430 g/mol. The zero-order valence-electron chi connectivity index (χ0n) is 17.7. The number of rotatable bonds is 6. The van der Waals surface area contributed by atoms with Gasteiger partial charge < -0.3 is 16.0 Å². The van der Waals surface area contributed by atoms with Crippen molar-refractivity contribution in [3.8, 4) is 0 Å². The number of anilines is 1. The van der Waals surface area contributed by atoms with Gasteiger partial charge in [-0.2, -0.15) is 0 Å². The summed E-state index contributed by atoms with van der Waals surface area (Å²) in [6.45, 7) is 0.263. The van der Waals surface area contributed by atoms with Gasteiger partial charge in [0, 0.05) is 42.0 Å². The number of non-ortho nitro benzene ring substituents is 1. The van der Waals surface area contributed by atoms with E-state index in [2.05, 4.69) is 20.9 Å². The van der Waals surface area contributed by atoms with E-state index in [0.717, 1.165) is 38.5 Å². The second kappa shape index (κ2) is 9.64. The number of carbonyl (C=O) groups is 2. The Labute approximate surface area is 182 Å². The van der Waals surface area contributed by atoms with Gasteiger partial charge in [0.15, 0.2) is 0 Å². The summed E-state index contributed by atoms with van der Waals surface area (Å²) in [7, 11) is 0. The Morgan fingerprint density at radius 2 is 1.68 bits per heavy atom. The van der Waals surface area contributed by atoms with Gasteiger partial charge in [-0.05, 0) is 44.6 Å². The lowest BCUT2D eigenvalue weighted by Gasteiger charge is -2.39. The molecule has 3 fully saturated rings. The lowest BCUT2D eigenvalue weighted by molar-refractivity contribution is -0.384. The summed E-state index contributed by atoms with van der Waals surface area (Å²) in [6, 6.07) is 6.90. The number of amides is 3. The third-order valence-corrected chi connectivity index (χ3v) is 6.83. The average Bonchev–Trinajstić information content (AvgIpc) is 2.96. The molecule has 1 aromatic rings. The molecule has 3 aliphatic rings. The highest BCUT2D eigenvalue weighted by atomic mass is 16.6. The molecule has 168 valence electrons. The molecule has 9 heteroatoms. The molecule has 0 spiro atoms. The van der Waals surface area contributed by atoms with Gasteiger partial charge in [-0.15, -0.1) is 0 Å². The van der Waals surface area contributed by atoms with Gasteiger partial charge >= 0.3 is 6.03 Å². The summed E-state index contributed by atoms with van der Waals surface area (Å²) in [6.07, 6.45) is 9.51. The third kappa shape index (κ3) is 5.52. The van der Waals surface area contributed by atoms with Crippen LogP contribution in [0.2, 0.25) is 0 Å². The first-order valence-corrected chi connectivity index (χ1v) is 11.3. The minimum absolute atomic E-state index is 0.0451. The summed E-state index contributed by atoms with van der Waals surface area (Å²) in [5.41, 5.74) is 0.388. The topological polar surface area (TPSA) is 117 Å². The number of piperidine rings is 1. The largest absolute Gasteiger partial charge is 0.335 e. The zero-order chi connectivity index (χ0) is 21.8. The summed E-state index contributed by atoms with van der Waals surface area (Å²) in [5, 5.41) is 20.0. The highest BCUT2D eigenvalue weighted by molar-refractivity contribution is 5.92. The van der Waals surface area contributed by atoms with Crippen LogP contribution in [0.4, 0.5) is 16.2 Å². The maximum atomic E-state index is 12.6. The second-order valence-electron chi connectivity index (χ2n) is 9.03. The monoisotopic (exact) mass is 429 g/mol. The Balaban J connectivity index is 1.26. The van der Waals surface area contributed by atoms with Crippen LogP contribution < -0.4 is 16.0 Å². The van der Waals surface area contributed by atoms with Crippen LogP contribution in [0.3, 0.4) is 0 Å². The standard InChI is InChI=1S/C22H31N5O4/c28-21(23-16-7-4-8-20(11-16)27(30)31)14-26-18-9-10-19(26)13-17(12-18)25-22(29)24-15-5-2-1-3-6-15/h4,7-8,11,15,17-19H,1-3,5-6,9-10,12-14H2,(H,23,28)(H2,24,25,29)/t17?,18-,19+. The maximum absolute atomic E-state index is 12.6. The quantitative estimate of drug-likeness (QED) is 0.474. The SMILES string of the molecule is O=C(CN1[C@@H]2CC[C@H]1CC(NC(=O)NC1CCCCC1)C2)Nc1cccc([N+](=O)[O-])c1. The van der Waals surface area contributed by atoms with Gasteiger partial charge in [0.05, 0.1) is 11.5 Å². The van der Waals surface area contributed by atoms with Crippen molar-refractivity contribution in [1.29, 1.82) is 0 Å². The van der Waals surface area contributed by atoms with Crippen LogP contribution >= 0.6 is 0 Å². The van der Waals surface area contributed by atoms with E-state index in [4.69, 9.17) is 0 Å². The number of fused-ring (bicyclic) bond motifs is 2. The minimum Gasteiger partial charge on any atom is -0.335 e. The molecule has 3 atom stereocenters. The van der Waals surface area contributed by atoms with Crippen molar-refractivity contribution in [3.63, 3.8) is 0 Å². The van der Waals surface area contributed by atoms with Crippen molar-refractivity contribution in [2.24, 2.45) is 0 Å². The molecule has 1 aliphatic carbocycles. The Morgan fingerprint density at radius 3 is 2.35 bits per heavy atom. The number of carbonyl (C=O) groups excluding carboxylic acids is 2. The predicted molar refractivity (Wildman–Crippen MR) is 117 cm³/mol. The van der Waals surface area contributed by atoms with Crippen LogP contribution in [0.15, 0.2) is 24.3 Å². The fourth-order valence-electron chi connectivity index (χ4n) is 5.37. The van der Waals surface area contributed by atoms with E-state index in [0.29, 0.717) is 11.7 Å². The van der Waals surface area contributed by atoms with E-state index in [1.807, 2.05) is 0 Å². The first kappa shape index (κ1) is 21.5. The Morgan fingerprint density at radius 1 is 1.00 bits per heavy atom. The lowest BCUT2D eigenvalue weighted by Crippen LogP contribution is -2.54. The molecule has 1 aromatic carbocycles. The molecule has 2 aliphatic heterocycles. The molecule has 2 heterocycles. The molecule has 2 saturated heterocycles. The van der Waals surface area contributed by atoms with Gasteiger partial charge in [-0.1, -0.05) is 25.3 Å². The van der Waals surface area contributed by atoms with Crippen molar-refractivity contribution in [2.75, 3.05) is 11.9 Å². The van der Waals surface area contributed by atoms with E-state index in [-0.39, 0.29) is 42.3 Å². The number of urea groups is 1. The van der Waals surface area contributed by atoms with Crippen molar-refractivity contribution in [3.05, 3.63) is 34.4 Å². The highest BCUT2D eigenvalue weighted by Crippen LogP contribution is 2.35. The van der Waals surface area contributed by atoms with E-state index in [9.17, 15) is 19.7 Å². The normalized spacial score (nSPS) is 26.3. The molecule has 9 nitrogen and oxygen atoms in total. The molecule has 31 heavy (non-hydrogen) atoms. The number of hydrogen-bond donors (Lipinski definition) is 3. The maximum Gasteiger partial charge on any atom is 0.315 e.